The molecule has 3 atom stereocenters. The second-order valence-corrected chi connectivity index (χ2v) is 9.90. The highest BCUT2D eigenvalue weighted by Crippen LogP contribution is 2.44. The average molecular weight is 465 g/mol. The van der Waals surface area contributed by atoms with E-state index < -0.39 is 36.0 Å². The maximum atomic E-state index is 13.1. The smallest absolute Gasteiger partial charge is 0.410 e. The fourth-order valence-electron chi connectivity index (χ4n) is 5.11. The van der Waals surface area contributed by atoms with Gasteiger partial charge in [-0.15, -0.1) is 0 Å². The minimum Gasteiger partial charge on any atom is -0.448 e. The van der Waals surface area contributed by atoms with Crippen LogP contribution in [0.25, 0.3) is 11.1 Å². The molecule has 178 valence electrons. The summed E-state index contributed by atoms with van der Waals surface area (Å²) in [6, 6.07) is 14.9. The van der Waals surface area contributed by atoms with Crippen LogP contribution in [-0.2, 0) is 19.0 Å². The molecule has 5 rings (SSSR count). The van der Waals surface area contributed by atoms with Gasteiger partial charge in [-0.1, -0.05) is 48.5 Å². The number of carbonyl (C=O) groups excluding carboxylic acids is 3. The number of nitrogens with one attached hydrogen (secondary N) is 1. The maximum absolute atomic E-state index is 13.1. The van der Waals surface area contributed by atoms with Crippen molar-refractivity contribution in [3.8, 4) is 11.1 Å². The summed E-state index contributed by atoms with van der Waals surface area (Å²) >= 11 is 0. The molecule has 1 aliphatic carbocycles. The average Bonchev–Trinajstić information content (AvgIpc) is 3.43. The van der Waals surface area contributed by atoms with Crippen molar-refractivity contribution >= 4 is 18.0 Å². The largest absolute Gasteiger partial charge is 0.448 e. The van der Waals surface area contributed by atoms with E-state index in [4.69, 9.17) is 14.2 Å². The van der Waals surface area contributed by atoms with E-state index in [-0.39, 0.29) is 31.5 Å². The number of likely N-dealkylation sites (tertiary alicyclic amines) is 1. The monoisotopic (exact) mass is 464 g/mol. The lowest BCUT2D eigenvalue weighted by Crippen LogP contribution is -2.46. The predicted molar refractivity (Wildman–Crippen MR) is 123 cm³/mol. The van der Waals surface area contributed by atoms with Crippen LogP contribution in [-0.4, -0.2) is 66.4 Å². The Hall–Kier alpha value is -3.39. The van der Waals surface area contributed by atoms with Crippen LogP contribution in [0.1, 0.15) is 37.8 Å². The zero-order valence-corrected chi connectivity index (χ0v) is 19.4. The fraction of sp³-hybridized carbons (Fsp3) is 0.423. The molecule has 2 aliphatic heterocycles. The lowest BCUT2D eigenvalue weighted by atomic mass is 9.98. The number of amides is 2. The Kier molecular flexibility index (Phi) is 5.56. The second-order valence-electron chi connectivity index (χ2n) is 9.90. The van der Waals surface area contributed by atoms with Gasteiger partial charge < -0.3 is 19.5 Å². The highest BCUT2D eigenvalue weighted by molar-refractivity contribution is 5.92. The minimum atomic E-state index is -0.782. The lowest BCUT2D eigenvalue weighted by molar-refractivity contribution is -0.121. The Morgan fingerprint density at radius 2 is 1.68 bits per heavy atom. The van der Waals surface area contributed by atoms with E-state index >= 15 is 0 Å². The number of ether oxygens (including phenoxy) is 3. The number of ketones is 1. The Bertz CT molecular complexity index is 1090. The summed E-state index contributed by atoms with van der Waals surface area (Å²) in [5.74, 6) is -0.284. The molecule has 0 spiro atoms. The van der Waals surface area contributed by atoms with E-state index in [0.29, 0.717) is 0 Å². The first-order chi connectivity index (χ1) is 16.2. The van der Waals surface area contributed by atoms with Crippen molar-refractivity contribution in [3.05, 3.63) is 59.7 Å². The van der Waals surface area contributed by atoms with Crippen LogP contribution in [0.3, 0.4) is 0 Å². The van der Waals surface area contributed by atoms with Crippen molar-refractivity contribution in [2.24, 2.45) is 0 Å². The third kappa shape index (κ3) is 4.03. The molecule has 2 aromatic rings. The van der Waals surface area contributed by atoms with Crippen LogP contribution in [0.5, 0.6) is 0 Å². The molecule has 0 saturated carbocycles. The molecule has 0 aromatic heterocycles. The molecule has 3 unspecified atom stereocenters. The molecule has 8 heteroatoms. The zero-order chi connectivity index (χ0) is 24.0. The molecule has 1 N–H and O–H groups in total. The van der Waals surface area contributed by atoms with Crippen molar-refractivity contribution in [1.29, 1.82) is 0 Å². The molecule has 2 saturated heterocycles. The Morgan fingerprint density at radius 1 is 1.06 bits per heavy atom. The van der Waals surface area contributed by atoms with Crippen LogP contribution in [0.2, 0.25) is 0 Å². The van der Waals surface area contributed by atoms with E-state index in [2.05, 4.69) is 29.6 Å². The van der Waals surface area contributed by atoms with Crippen molar-refractivity contribution in [3.63, 3.8) is 0 Å². The molecular weight excluding hydrogens is 436 g/mol. The second kappa shape index (κ2) is 8.43. The summed E-state index contributed by atoms with van der Waals surface area (Å²) in [5, 5.41) is 2.75. The fourth-order valence-corrected chi connectivity index (χ4v) is 5.11. The molecule has 3 aliphatic rings. The van der Waals surface area contributed by atoms with Crippen molar-refractivity contribution < 1.29 is 28.6 Å². The van der Waals surface area contributed by atoms with E-state index in [0.717, 1.165) is 22.3 Å². The molecule has 2 heterocycles. The number of nitrogens with zero attached hydrogens (tertiary/aromatic N) is 1. The highest BCUT2D eigenvalue weighted by Gasteiger charge is 2.53. The van der Waals surface area contributed by atoms with Crippen LogP contribution in [0.4, 0.5) is 9.59 Å². The summed E-state index contributed by atoms with van der Waals surface area (Å²) in [5.41, 5.74) is 3.84. The Morgan fingerprint density at radius 3 is 2.29 bits per heavy atom. The Labute approximate surface area is 198 Å². The molecule has 2 fully saturated rings. The number of carbonyl (C=O) groups is 3. The van der Waals surface area contributed by atoms with E-state index in [9.17, 15) is 14.4 Å². The van der Waals surface area contributed by atoms with Gasteiger partial charge in [-0.25, -0.2) is 9.59 Å². The summed E-state index contributed by atoms with van der Waals surface area (Å²) in [6.07, 6.45) is -1.83. The van der Waals surface area contributed by atoms with Crippen molar-refractivity contribution in [2.45, 2.75) is 50.5 Å². The van der Waals surface area contributed by atoms with Crippen LogP contribution in [0, 0.1) is 0 Å². The van der Waals surface area contributed by atoms with Gasteiger partial charge in [-0.2, -0.15) is 0 Å². The number of Topliss-reactive ketones (excluding diaryl/α,β-unsaturated/α-hetero) is 1. The van der Waals surface area contributed by atoms with Gasteiger partial charge in [0.15, 0.2) is 5.78 Å². The quantitative estimate of drug-likeness (QED) is 0.748. The van der Waals surface area contributed by atoms with Gasteiger partial charge in [-0.05, 0) is 43.0 Å². The number of hydrogen-bond acceptors (Lipinski definition) is 6. The van der Waals surface area contributed by atoms with Gasteiger partial charge in [0.05, 0.1) is 6.04 Å². The maximum Gasteiger partial charge on any atom is 0.410 e. The molecule has 2 aromatic carbocycles. The minimum absolute atomic E-state index is 0.0824. The number of rotatable bonds is 3. The normalized spacial score (nSPS) is 23.3. The summed E-state index contributed by atoms with van der Waals surface area (Å²) in [6.45, 7) is 5.46. The first-order valence-electron chi connectivity index (χ1n) is 11.5. The summed E-state index contributed by atoms with van der Waals surface area (Å²) in [4.78, 5) is 39.3. The van der Waals surface area contributed by atoms with Crippen LogP contribution < -0.4 is 5.32 Å². The number of alkyl carbamates (subject to hydrolysis) is 1. The third-order valence-electron chi connectivity index (χ3n) is 6.46. The van der Waals surface area contributed by atoms with Gasteiger partial charge in [-0.3, -0.25) is 9.69 Å². The van der Waals surface area contributed by atoms with E-state index in [1.807, 2.05) is 24.3 Å². The summed E-state index contributed by atoms with van der Waals surface area (Å²) in [7, 11) is 0. The summed E-state index contributed by atoms with van der Waals surface area (Å²) < 4.78 is 16.7. The molecule has 8 nitrogen and oxygen atoms in total. The molecule has 34 heavy (non-hydrogen) atoms. The predicted octanol–water partition coefficient (Wildman–Crippen LogP) is 3.48. The lowest BCUT2D eigenvalue weighted by Gasteiger charge is -2.23. The van der Waals surface area contributed by atoms with Gasteiger partial charge >= 0.3 is 12.2 Å². The molecule has 2 amide bonds. The van der Waals surface area contributed by atoms with Gasteiger partial charge in [0.1, 0.15) is 31.0 Å². The molecule has 0 bridgehead atoms. The number of benzene rings is 2. The van der Waals surface area contributed by atoms with Gasteiger partial charge in [0.2, 0.25) is 0 Å². The number of hydrogen-bond donors (Lipinski definition) is 1. The Balaban J connectivity index is 1.29. The van der Waals surface area contributed by atoms with Crippen molar-refractivity contribution in [1.82, 2.24) is 10.2 Å². The first kappa shape index (κ1) is 22.4. The topological polar surface area (TPSA) is 94.2 Å². The highest BCUT2D eigenvalue weighted by atomic mass is 16.6. The molecule has 0 radical (unpaired) electrons. The van der Waals surface area contributed by atoms with E-state index in [1.54, 1.807) is 20.8 Å². The molecular formula is C26H28N2O6. The standard InChI is InChI=1S/C26H28N2O6/c1-26(2,3)34-24(30)27-20-12-28(22-21(29)14-32-23(20)22)25(31)33-13-19-17-10-6-4-8-15(17)16-9-5-7-11-18(16)19/h4-11,19-20,22-23H,12-14H2,1-3H3,(H,27,30). The van der Waals surface area contributed by atoms with E-state index in [1.165, 1.54) is 4.90 Å². The van der Waals surface area contributed by atoms with Crippen LogP contribution in [0.15, 0.2) is 48.5 Å². The first-order valence-corrected chi connectivity index (χ1v) is 11.5. The van der Waals surface area contributed by atoms with Crippen LogP contribution >= 0.6 is 0 Å². The zero-order valence-electron chi connectivity index (χ0n) is 19.4. The van der Waals surface area contributed by atoms with Gasteiger partial charge in [0, 0.05) is 12.5 Å². The third-order valence-corrected chi connectivity index (χ3v) is 6.46. The SMILES string of the molecule is CC(C)(C)OC(=O)NC1CN(C(=O)OCC2c3ccccc3-c3ccccc32)C2C(=O)COC12. The van der Waals surface area contributed by atoms with Gasteiger partial charge in [0.25, 0.3) is 0 Å². The number of fused-ring (bicyclic) bond motifs is 4. The van der Waals surface area contributed by atoms with Crippen molar-refractivity contribution in [2.75, 3.05) is 19.8 Å².